The Morgan fingerprint density at radius 2 is 1.60 bits per heavy atom. The maximum Gasteiger partial charge on any atom is 0.405 e. The van der Waals surface area contributed by atoms with E-state index in [9.17, 15) is 29.4 Å². The molecule has 2 aromatic rings. The van der Waals surface area contributed by atoms with Crippen LogP contribution in [0.4, 0.5) is 9.59 Å². The van der Waals surface area contributed by atoms with Crippen LogP contribution in [0.2, 0.25) is 0 Å². The SMILES string of the molecule is Cc1cccc(CCN2CCN([C@H](C(=O)N[C@@H](Cc3ccccc3)[C@@H](O)CN(CCC(C)C)NC(=O)[C@@H](NC(=O)O)C(C)(C)C)C(C)(C)C)C2=O)n1. The molecule has 0 spiro atoms. The fourth-order valence-electron chi connectivity index (χ4n) is 6.43. The Bertz CT molecular complexity index is 1490. The van der Waals surface area contributed by atoms with E-state index in [1.807, 2.05) is 90.1 Å². The molecule has 5 N–H and O–H groups in total. The van der Waals surface area contributed by atoms with Gasteiger partial charge in [0.25, 0.3) is 5.91 Å². The predicted molar refractivity (Wildman–Crippen MR) is 201 cm³/mol. The van der Waals surface area contributed by atoms with Crippen molar-refractivity contribution < 1.29 is 29.4 Å². The number of hydrogen-bond donors (Lipinski definition) is 5. The van der Waals surface area contributed by atoms with Crippen molar-refractivity contribution in [2.75, 3.05) is 32.7 Å². The van der Waals surface area contributed by atoms with Gasteiger partial charge in [-0.3, -0.25) is 20.0 Å². The molecule has 4 atom stereocenters. The van der Waals surface area contributed by atoms with Crippen LogP contribution in [0.15, 0.2) is 48.5 Å². The van der Waals surface area contributed by atoms with Crippen LogP contribution in [0.25, 0.3) is 0 Å². The summed E-state index contributed by atoms with van der Waals surface area (Å²) in [7, 11) is 0. The monoisotopic (exact) mass is 723 g/mol. The lowest BCUT2D eigenvalue weighted by atomic mass is 9.84. The van der Waals surface area contributed by atoms with Crippen LogP contribution in [0, 0.1) is 23.7 Å². The summed E-state index contributed by atoms with van der Waals surface area (Å²) in [6.45, 7) is 18.8. The molecule has 1 aliphatic rings. The number of carbonyl (C=O) groups is 4. The number of aliphatic hydroxyl groups excluding tert-OH is 1. The number of aromatic nitrogens is 1. The van der Waals surface area contributed by atoms with Crippen LogP contribution < -0.4 is 16.1 Å². The minimum atomic E-state index is -1.31. The van der Waals surface area contributed by atoms with E-state index in [-0.39, 0.29) is 24.4 Å². The van der Waals surface area contributed by atoms with Crippen LogP contribution in [0.3, 0.4) is 0 Å². The van der Waals surface area contributed by atoms with Crippen molar-refractivity contribution in [2.45, 2.75) is 106 Å². The summed E-state index contributed by atoms with van der Waals surface area (Å²) in [4.78, 5) is 61.1. The van der Waals surface area contributed by atoms with E-state index in [2.05, 4.69) is 21.0 Å². The van der Waals surface area contributed by atoms with Crippen molar-refractivity contribution >= 4 is 23.9 Å². The molecule has 0 aliphatic carbocycles. The summed E-state index contributed by atoms with van der Waals surface area (Å²) in [5, 5.41) is 28.3. The number of aliphatic hydroxyl groups is 1. The van der Waals surface area contributed by atoms with Gasteiger partial charge in [-0.05, 0) is 54.2 Å². The summed E-state index contributed by atoms with van der Waals surface area (Å²) in [5.41, 5.74) is 4.20. The van der Waals surface area contributed by atoms with Gasteiger partial charge in [0.15, 0.2) is 0 Å². The molecule has 0 bridgehead atoms. The lowest BCUT2D eigenvalue weighted by Crippen LogP contribution is -2.61. The molecule has 13 heteroatoms. The number of urea groups is 1. The third-order valence-electron chi connectivity index (χ3n) is 9.23. The molecule has 0 unspecified atom stereocenters. The first kappa shape index (κ1) is 42.2. The van der Waals surface area contributed by atoms with Gasteiger partial charge in [-0.1, -0.05) is 91.8 Å². The van der Waals surface area contributed by atoms with Crippen LogP contribution in [0.5, 0.6) is 0 Å². The Kier molecular flexibility index (Phi) is 15.0. The number of carboxylic acid groups (broad SMARTS) is 1. The lowest BCUT2D eigenvalue weighted by Gasteiger charge is -2.38. The Morgan fingerprint density at radius 1 is 0.923 bits per heavy atom. The van der Waals surface area contributed by atoms with E-state index in [4.69, 9.17) is 0 Å². The molecule has 0 saturated carbocycles. The number of hydrogen-bond acceptors (Lipinski definition) is 7. The van der Waals surface area contributed by atoms with Crippen molar-refractivity contribution in [3.8, 4) is 0 Å². The van der Waals surface area contributed by atoms with Crippen molar-refractivity contribution in [2.24, 2.45) is 16.7 Å². The molecule has 1 aromatic heterocycles. The van der Waals surface area contributed by atoms with Gasteiger partial charge in [0.1, 0.15) is 12.1 Å². The second kappa shape index (κ2) is 18.5. The zero-order chi connectivity index (χ0) is 38.8. The minimum absolute atomic E-state index is 0.0379. The number of aryl methyl sites for hydroxylation is 1. The molecular weight excluding hydrogens is 662 g/mol. The van der Waals surface area contributed by atoms with Gasteiger partial charge >= 0.3 is 12.1 Å². The lowest BCUT2D eigenvalue weighted by molar-refractivity contribution is -0.133. The quantitative estimate of drug-likeness (QED) is 0.151. The van der Waals surface area contributed by atoms with Crippen molar-refractivity contribution in [1.29, 1.82) is 0 Å². The first-order valence-corrected chi connectivity index (χ1v) is 18.3. The maximum atomic E-state index is 14.3. The van der Waals surface area contributed by atoms with E-state index in [1.165, 1.54) is 0 Å². The van der Waals surface area contributed by atoms with Crippen LogP contribution >= 0.6 is 0 Å². The van der Waals surface area contributed by atoms with Crippen molar-refractivity contribution in [1.82, 2.24) is 35.9 Å². The summed E-state index contributed by atoms with van der Waals surface area (Å²) in [6, 6.07) is 12.5. The molecule has 1 saturated heterocycles. The number of amides is 5. The number of benzene rings is 1. The number of carbonyl (C=O) groups excluding carboxylic acids is 3. The molecule has 0 radical (unpaired) electrons. The fourth-order valence-corrected chi connectivity index (χ4v) is 6.43. The smallest absolute Gasteiger partial charge is 0.405 e. The molecule has 52 heavy (non-hydrogen) atoms. The van der Waals surface area contributed by atoms with Gasteiger partial charge in [-0.2, -0.15) is 0 Å². The highest BCUT2D eigenvalue weighted by molar-refractivity contribution is 5.89. The maximum absolute atomic E-state index is 14.3. The van der Waals surface area contributed by atoms with Crippen molar-refractivity contribution in [3.05, 3.63) is 65.5 Å². The first-order chi connectivity index (χ1) is 24.3. The number of pyridine rings is 1. The molecule has 13 nitrogen and oxygen atoms in total. The van der Waals surface area contributed by atoms with Crippen molar-refractivity contribution in [3.63, 3.8) is 0 Å². The highest BCUT2D eigenvalue weighted by atomic mass is 16.4. The number of nitrogens with zero attached hydrogens (tertiary/aromatic N) is 4. The third-order valence-corrected chi connectivity index (χ3v) is 9.23. The number of hydrazine groups is 1. The van der Waals surface area contributed by atoms with Crippen LogP contribution in [-0.4, -0.2) is 111 Å². The molecule has 3 rings (SSSR count). The highest BCUT2D eigenvalue weighted by Gasteiger charge is 2.44. The van der Waals surface area contributed by atoms with E-state index in [1.54, 1.807) is 35.6 Å². The van der Waals surface area contributed by atoms with Gasteiger partial charge in [0.05, 0.1) is 12.1 Å². The molecular formula is C39H61N7O6. The minimum Gasteiger partial charge on any atom is -0.465 e. The Hall–Kier alpha value is -4.23. The van der Waals surface area contributed by atoms with Crippen LogP contribution in [0.1, 0.15) is 78.8 Å². The average molecular weight is 724 g/mol. The Morgan fingerprint density at radius 3 is 2.17 bits per heavy atom. The number of nitrogens with one attached hydrogen (secondary N) is 3. The normalized spacial score (nSPS) is 16.1. The molecule has 1 fully saturated rings. The Labute approximate surface area is 309 Å². The predicted octanol–water partition coefficient (Wildman–Crippen LogP) is 4.23. The molecule has 1 aliphatic heterocycles. The topological polar surface area (TPSA) is 167 Å². The zero-order valence-corrected chi connectivity index (χ0v) is 32.5. The van der Waals surface area contributed by atoms with Gasteiger partial charge < -0.3 is 30.6 Å². The van der Waals surface area contributed by atoms with E-state index < -0.39 is 47.1 Å². The summed E-state index contributed by atoms with van der Waals surface area (Å²) < 4.78 is 0. The zero-order valence-electron chi connectivity index (χ0n) is 32.5. The van der Waals surface area contributed by atoms with E-state index in [0.29, 0.717) is 45.4 Å². The standard InChI is InChI=1S/C39H61N7O6/c1-26(2)18-21-45(43-34(48)32(38(4,5)6)42-36(50)51)25-31(47)30(24-28-15-11-10-12-16-28)41-35(49)33(39(7,8)9)46-23-22-44(37(46)52)20-19-29-17-13-14-27(3)40-29/h10-17,26,30-33,42,47H,18-25H2,1-9H3,(H,41,49)(H,43,48)(H,50,51)/t30-,31-,32+,33+/m0/s1. The van der Waals surface area contributed by atoms with Gasteiger partial charge in [-0.15, -0.1) is 0 Å². The third kappa shape index (κ3) is 12.8. The van der Waals surface area contributed by atoms with Gasteiger partial charge in [0, 0.05) is 50.5 Å². The molecule has 5 amide bonds. The van der Waals surface area contributed by atoms with E-state index in [0.717, 1.165) is 17.0 Å². The molecule has 2 heterocycles. The second-order valence-electron chi connectivity index (χ2n) is 16.5. The van der Waals surface area contributed by atoms with Gasteiger partial charge in [-0.25, -0.2) is 14.6 Å². The fraction of sp³-hybridized carbons (Fsp3) is 0.615. The Balaban J connectivity index is 1.84. The number of rotatable bonds is 17. The molecule has 1 aromatic carbocycles. The van der Waals surface area contributed by atoms with Gasteiger partial charge in [0.2, 0.25) is 5.91 Å². The summed E-state index contributed by atoms with van der Waals surface area (Å²) in [5.74, 6) is -0.637. The average Bonchev–Trinajstić information content (AvgIpc) is 3.39. The highest BCUT2D eigenvalue weighted by Crippen LogP contribution is 2.28. The second-order valence-corrected chi connectivity index (χ2v) is 16.5. The molecule has 288 valence electrons. The first-order valence-electron chi connectivity index (χ1n) is 18.3. The van der Waals surface area contributed by atoms with E-state index >= 15 is 0 Å². The largest absolute Gasteiger partial charge is 0.465 e. The van der Waals surface area contributed by atoms with Crippen LogP contribution in [-0.2, 0) is 22.4 Å². The summed E-state index contributed by atoms with van der Waals surface area (Å²) in [6.07, 6.45) is -0.873. The summed E-state index contributed by atoms with van der Waals surface area (Å²) >= 11 is 0.